The van der Waals surface area contributed by atoms with Crippen LogP contribution in [0.2, 0.25) is 0 Å². The summed E-state index contributed by atoms with van der Waals surface area (Å²) in [6, 6.07) is 0. The third-order valence-corrected chi connectivity index (χ3v) is 2.87. The third-order valence-electron chi connectivity index (χ3n) is 2.87. The Morgan fingerprint density at radius 1 is 1.36 bits per heavy atom. The van der Waals surface area contributed by atoms with Gasteiger partial charge in [0.25, 0.3) is 0 Å². The minimum atomic E-state index is 0.0294. The van der Waals surface area contributed by atoms with Gasteiger partial charge in [-0.1, -0.05) is 13.8 Å². The SMILES string of the molecule is CCn1nc(C)c(C(C)(C)CN)c1C. The smallest absolute Gasteiger partial charge is 0.0634 e. The van der Waals surface area contributed by atoms with Crippen molar-refractivity contribution < 1.29 is 0 Å². The monoisotopic (exact) mass is 195 g/mol. The molecule has 3 nitrogen and oxygen atoms in total. The van der Waals surface area contributed by atoms with Crippen molar-refractivity contribution in [2.45, 2.75) is 46.6 Å². The van der Waals surface area contributed by atoms with E-state index in [4.69, 9.17) is 5.73 Å². The predicted octanol–water partition coefficient (Wildman–Crippen LogP) is 1.76. The van der Waals surface area contributed by atoms with Gasteiger partial charge in [0, 0.05) is 29.8 Å². The molecule has 1 heterocycles. The van der Waals surface area contributed by atoms with Gasteiger partial charge in [-0.25, -0.2) is 0 Å². The predicted molar refractivity (Wildman–Crippen MR) is 59.5 cm³/mol. The highest BCUT2D eigenvalue weighted by Gasteiger charge is 2.26. The Morgan fingerprint density at radius 2 is 1.93 bits per heavy atom. The molecule has 0 radical (unpaired) electrons. The van der Waals surface area contributed by atoms with Gasteiger partial charge >= 0.3 is 0 Å². The minimum absolute atomic E-state index is 0.0294. The van der Waals surface area contributed by atoms with Gasteiger partial charge in [-0.3, -0.25) is 4.68 Å². The summed E-state index contributed by atoms with van der Waals surface area (Å²) in [5.41, 5.74) is 9.49. The van der Waals surface area contributed by atoms with Gasteiger partial charge < -0.3 is 5.73 Å². The first-order valence-corrected chi connectivity index (χ1v) is 5.18. The van der Waals surface area contributed by atoms with Crippen LogP contribution < -0.4 is 5.73 Å². The largest absolute Gasteiger partial charge is 0.330 e. The molecule has 0 aliphatic rings. The number of aromatic nitrogens is 2. The molecule has 0 spiro atoms. The first-order valence-electron chi connectivity index (χ1n) is 5.18. The maximum Gasteiger partial charge on any atom is 0.0634 e. The van der Waals surface area contributed by atoms with E-state index in [9.17, 15) is 0 Å². The van der Waals surface area contributed by atoms with Gasteiger partial charge in [-0.05, 0) is 20.8 Å². The quantitative estimate of drug-likeness (QED) is 0.798. The van der Waals surface area contributed by atoms with Crippen LogP contribution in [-0.2, 0) is 12.0 Å². The van der Waals surface area contributed by atoms with Crippen molar-refractivity contribution in [1.29, 1.82) is 0 Å². The number of nitrogens with two attached hydrogens (primary N) is 1. The summed E-state index contributed by atoms with van der Waals surface area (Å²) in [5, 5.41) is 4.50. The van der Waals surface area contributed by atoms with E-state index in [2.05, 4.69) is 39.7 Å². The highest BCUT2D eigenvalue weighted by Crippen LogP contribution is 2.27. The van der Waals surface area contributed by atoms with Crippen molar-refractivity contribution in [2.75, 3.05) is 6.54 Å². The van der Waals surface area contributed by atoms with Gasteiger partial charge in [-0.2, -0.15) is 5.10 Å². The first kappa shape index (κ1) is 11.2. The number of nitrogens with zero attached hydrogens (tertiary/aromatic N) is 2. The van der Waals surface area contributed by atoms with Crippen molar-refractivity contribution in [2.24, 2.45) is 5.73 Å². The Bertz CT molecular complexity index is 324. The fourth-order valence-corrected chi connectivity index (χ4v) is 2.09. The summed E-state index contributed by atoms with van der Waals surface area (Å²) in [6.45, 7) is 12.2. The van der Waals surface area contributed by atoms with Gasteiger partial charge in [0.15, 0.2) is 0 Å². The van der Waals surface area contributed by atoms with Crippen LogP contribution in [0.4, 0.5) is 0 Å². The van der Waals surface area contributed by atoms with E-state index in [1.807, 2.05) is 4.68 Å². The van der Waals surface area contributed by atoms with Crippen LogP contribution in [0.15, 0.2) is 0 Å². The van der Waals surface area contributed by atoms with Crippen molar-refractivity contribution in [3.63, 3.8) is 0 Å². The van der Waals surface area contributed by atoms with Crippen LogP contribution >= 0.6 is 0 Å². The molecule has 0 aliphatic carbocycles. The molecule has 0 aliphatic heterocycles. The third kappa shape index (κ3) is 1.69. The molecular weight excluding hydrogens is 174 g/mol. The summed E-state index contributed by atoms with van der Waals surface area (Å²) in [7, 11) is 0. The second-order valence-corrected chi connectivity index (χ2v) is 4.45. The van der Waals surface area contributed by atoms with Crippen LogP contribution in [0.1, 0.15) is 37.7 Å². The molecule has 1 rings (SSSR count). The summed E-state index contributed by atoms with van der Waals surface area (Å²) in [6.07, 6.45) is 0. The molecule has 0 fully saturated rings. The van der Waals surface area contributed by atoms with Crippen molar-refractivity contribution in [3.8, 4) is 0 Å². The molecule has 2 N–H and O–H groups in total. The van der Waals surface area contributed by atoms with E-state index in [-0.39, 0.29) is 5.41 Å². The van der Waals surface area contributed by atoms with E-state index in [0.29, 0.717) is 6.54 Å². The van der Waals surface area contributed by atoms with Crippen LogP contribution in [0.25, 0.3) is 0 Å². The molecule has 80 valence electrons. The molecule has 0 atom stereocenters. The number of rotatable bonds is 3. The van der Waals surface area contributed by atoms with E-state index in [1.165, 1.54) is 11.3 Å². The summed E-state index contributed by atoms with van der Waals surface area (Å²) >= 11 is 0. The van der Waals surface area contributed by atoms with E-state index < -0.39 is 0 Å². The fourth-order valence-electron chi connectivity index (χ4n) is 2.09. The number of hydrogen-bond donors (Lipinski definition) is 1. The topological polar surface area (TPSA) is 43.8 Å². The molecule has 0 amide bonds. The van der Waals surface area contributed by atoms with Crippen LogP contribution in [0.3, 0.4) is 0 Å². The van der Waals surface area contributed by atoms with Gasteiger partial charge in [0.1, 0.15) is 0 Å². The lowest BCUT2D eigenvalue weighted by Crippen LogP contribution is -2.29. The molecule has 3 heteroatoms. The number of aryl methyl sites for hydroxylation is 2. The zero-order valence-corrected chi connectivity index (χ0v) is 9.89. The fraction of sp³-hybridized carbons (Fsp3) is 0.727. The zero-order chi connectivity index (χ0) is 10.9. The zero-order valence-electron chi connectivity index (χ0n) is 9.89. The van der Waals surface area contributed by atoms with Crippen LogP contribution in [0.5, 0.6) is 0 Å². The summed E-state index contributed by atoms with van der Waals surface area (Å²) < 4.78 is 2.04. The van der Waals surface area contributed by atoms with Crippen molar-refractivity contribution >= 4 is 0 Å². The normalized spacial score (nSPS) is 12.1. The molecule has 1 aromatic rings. The Balaban J connectivity index is 3.27. The molecule has 0 aromatic carbocycles. The standard InChI is InChI=1S/C11H21N3/c1-6-14-9(3)10(8(2)13-14)11(4,5)7-12/h6-7,12H2,1-5H3. The highest BCUT2D eigenvalue weighted by molar-refractivity contribution is 5.32. The van der Waals surface area contributed by atoms with Gasteiger partial charge in [-0.15, -0.1) is 0 Å². The molecule has 0 bridgehead atoms. The minimum Gasteiger partial charge on any atom is -0.330 e. The van der Waals surface area contributed by atoms with E-state index in [0.717, 1.165) is 12.2 Å². The molecule has 1 aromatic heterocycles. The Kier molecular flexibility index (Phi) is 3.00. The second kappa shape index (κ2) is 3.73. The average molecular weight is 195 g/mol. The Morgan fingerprint density at radius 3 is 2.29 bits per heavy atom. The molecular formula is C11H21N3. The van der Waals surface area contributed by atoms with Gasteiger partial charge in [0.05, 0.1) is 5.69 Å². The second-order valence-electron chi connectivity index (χ2n) is 4.45. The highest BCUT2D eigenvalue weighted by atomic mass is 15.3. The maximum atomic E-state index is 5.79. The lowest BCUT2D eigenvalue weighted by molar-refractivity contribution is 0.529. The molecule has 0 saturated carbocycles. The average Bonchev–Trinajstić information content (AvgIpc) is 2.41. The lowest BCUT2D eigenvalue weighted by atomic mass is 9.83. The van der Waals surface area contributed by atoms with E-state index >= 15 is 0 Å². The summed E-state index contributed by atoms with van der Waals surface area (Å²) in [4.78, 5) is 0. The Labute approximate surface area is 86.3 Å². The molecule has 0 saturated heterocycles. The van der Waals surface area contributed by atoms with Crippen molar-refractivity contribution in [3.05, 3.63) is 17.0 Å². The van der Waals surface area contributed by atoms with Crippen LogP contribution in [0, 0.1) is 13.8 Å². The van der Waals surface area contributed by atoms with Gasteiger partial charge in [0.2, 0.25) is 0 Å². The molecule has 14 heavy (non-hydrogen) atoms. The lowest BCUT2D eigenvalue weighted by Gasteiger charge is -2.23. The first-order chi connectivity index (χ1) is 6.44. The Hall–Kier alpha value is -0.830. The maximum absolute atomic E-state index is 5.79. The van der Waals surface area contributed by atoms with E-state index in [1.54, 1.807) is 0 Å². The number of hydrogen-bond acceptors (Lipinski definition) is 2. The summed E-state index contributed by atoms with van der Waals surface area (Å²) in [5.74, 6) is 0. The van der Waals surface area contributed by atoms with Crippen molar-refractivity contribution in [1.82, 2.24) is 9.78 Å². The van der Waals surface area contributed by atoms with Crippen LogP contribution in [-0.4, -0.2) is 16.3 Å². The molecule has 0 unspecified atom stereocenters.